The molecule has 0 spiro atoms. The maximum Gasteiger partial charge on any atom is 0.0620 e. The molecule has 0 unspecified atom stereocenters. The van der Waals surface area contributed by atoms with Crippen LogP contribution in [0.3, 0.4) is 0 Å². The molecule has 0 saturated carbocycles. The van der Waals surface area contributed by atoms with Crippen molar-refractivity contribution < 1.29 is 0 Å². The van der Waals surface area contributed by atoms with E-state index < -0.39 is 0 Å². The Morgan fingerprint density at radius 1 is 0.319 bits per heavy atom. The quantitative estimate of drug-likeness (QED) is 0.180. The van der Waals surface area contributed by atoms with Crippen LogP contribution in [-0.2, 0) is 0 Å². The number of hydrogen-bond acceptors (Lipinski definition) is 0. The van der Waals surface area contributed by atoms with E-state index in [0.29, 0.717) is 0 Å². The number of benzene rings is 10. The van der Waals surface area contributed by atoms with Gasteiger partial charge in [-0.05, 0) is 77.1 Å². The smallest absolute Gasteiger partial charge is 0.0620 e. The zero-order valence-electron chi connectivity index (χ0n) is 25.5. The highest BCUT2D eigenvalue weighted by Gasteiger charge is 2.26. The second-order valence-corrected chi connectivity index (χ2v) is 12.9. The Bertz CT molecular complexity index is 2950. The van der Waals surface area contributed by atoms with Crippen molar-refractivity contribution in [2.75, 3.05) is 0 Å². The molecule has 11 aromatic rings. The lowest BCUT2D eigenvalue weighted by Gasteiger charge is -2.19. The third-order valence-electron chi connectivity index (χ3n) is 10.4. The average molecular weight is 594 g/mol. The van der Waals surface area contributed by atoms with Crippen molar-refractivity contribution in [3.63, 3.8) is 0 Å². The molecule has 0 aliphatic heterocycles. The maximum absolute atomic E-state index is 2.59. The predicted octanol–water partition coefficient (Wildman–Crippen LogP) is 12.8. The highest BCUT2D eigenvalue weighted by molar-refractivity contribution is 6.31. The van der Waals surface area contributed by atoms with Gasteiger partial charge in [0, 0.05) is 21.7 Å². The Hall–Kier alpha value is -6.18. The summed E-state index contributed by atoms with van der Waals surface area (Å²) in [6.07, 6.45) is 0. The number of fused-ring (bicyclic) bond motifs is 2. The molecule has 0 N–H and O–H groups in total. The van der Waals surface area contributed by atoms with Gasteiger partial charge < -0.3 is 4.57 Å². The van der Waals surface area contributed by atoms with Gasteiger partial charge in [-0.15, -0.1) is 0 Å². The SMILES string of the molecule is c1ccc(-c2c(-c3ccccc3)n(-c3ccc4ccc5cccc6ccc3c4c56)c3c2cc2ccc4cccc5ccc3c2c45)cc1. The van der Waals surface area contributed by atoms with Gasteiger partial charge in [-0.3, -0.25) is 0 Å². The molecule has 1 aromatic heterocycles. The zero-order chi connectivity index (χ0) is 30.6. The van der Waals surface area contributed by atoms with Crippen LogP contribution in [-0.4, -0.2) is 4.57 Å². The minimum Gasteiger partial charge on any atom is -0.307 e. The standard InChI is InChI=1S/C46H27N/c1-3-9-28(10-4-1)44-38-27-35-20-19-30-14-8-16-32-22-25-37(43(35)41(30)32)46(38)47(45(44)34-11-5-2-6-12-34)39-26-23-33-18-17-29-13-7-15-31-21-24-36(39)42(33)40(29)31/h1-27H. The Kier molecular flexibility index (Phi) is 4.90. The largest absolute Gasteiger partial charge is 0.307 e. The first-order valence-corrected chi connectivity index (χ1v) is 16.4. The first-order chi connectivity index (χ1) is 23.3. The maximum atomic E-state index is 2.59. The van der Waals surface area contributed by atoms with E-state index in [-0.39, 0.29) is 0 Å². The lowest BCUT2D eigenvalue weighted by atomic mass is 9.91. The third-order valence-corrected chi connectivity index (χ3v) is 10.4. The molecule has 11 rings (SSSR count). The van der Waals surface area contributed by atoms with E-state index in [2.05, 4.69) is 168 Å². The van der Waals surface area contributed by atoms with Gasteiger partial charge in [-0.1, -0.05) is 152 Å². The van der Waals surface area contributed by atoms with Gasteiger partial charge >= 0.3 is 0 Å². The van der Waals surface area contributed by atoms with Gasteiger partial charge in [-0.2, -0.15) is 0 Å². The molecule has 1 nitrogen and oxygen atoms in total. The minimum atomic E-state index is 1.20. The summed E-state index contributed by atoms with van der Waals surface area (Å²) < 4.78 is 2.59. The monoisotopic (exact) mass is 593 g/mol. The summed E-state index contributed by atoms with van der Waals surface area (Å²) in [7, 11) is 0. The summed E-state index contributed by atoms with van der Waals surface area (Å²) in [6.45, 7) is 0. The van der Waals surface area contributed by atoms with Crippen LogP contribution in [0.15, 0.2) is 164 Å². The predicted molar refractivity (Wildman–Crippen MR) is 202 cm³/mol. The highest BCUT2D eigenvalue weighted by atomic mass is 15.0. The molecular formula is C46H27N. The number of nitrogens with zero attached hydrogens (tertiary/aromatic N) is 1. The molecule has 0 amide bonds. The van der Waals surface area contributed by atoms with Crippen LogP contribution < -0.4 is 0 Å². The van der Waals surface area contributed by atoms with Crippen LogP contribution in [0.25, 0.3) is 104 Å². The molecule has 10 aromatic carbocycles. The highest BCUT2D eigenvalue weighted by Crippen LogP contribution is 2.49. The van der Waals surface area contributed by atoms with Crippen LogP contribution in [0.4, 0.5) is 0 Å². The summed E-state index contributed by atoms with van der Waals surface area (Å²) in [4.78, 5) is 0. The van der Waals surface area contributed by atoms with Crippen LogP contribution in [0.1, 0.15) is 0 Å². The summed E-state index contributed by atoms with van der Waals surface area (Å²) in [5.41, 5.74) is 7.37. The van der Waals surface area contributed by atoms with Crippen molar-refractivity contribution in [2.45, 2.75) is 0 Å². The van der Waals surface area contributed by atoms with Crippen LogP contribution in [0.2, 0.25) is 0 Å². The Morgan fingerprint density at radius 2 is 0.809 bits per heavy atom. The van der Waals surface area contributed by atoms with Crippen molar-refractivity contribution in [1.82, 2.24) is 4.57 Å². The molecule has 216 valence electrons. The molecule has 0 radical (unpaired) electrons. The van der Waals surface area contributed by atoms with Gasteiger partial charge in [0.15, 0.2) is 0 Å². The molecule has 0 fully saturated rings. The number of hydrogen-bond donors (Lipinski definition) is 0. The second-order valence-electron chi connectivity index (χ2n) is 12.9. The van der Waals surface area contributed by atoms with Crippen molar-refractivity contribution in [1.29, 1.82) is 0 Å². The van der Waals surface area contributed by atoms with Gasteiger partial charge in [0.2, 0.25) is 0 Å². The van der Waals surface area contributed by atoms with E-state index in [1.54, 1.807) is 0 Å². The Labute approximate surface area is 271 Å². The lowest BCUT2D eigenvalue weighted by Crippen LogP contribution is -2.00. The fourth-order valence-electron chi connectivity index (χ4n) is 8.50. The number of rotatable bonds is 3. The fourth-order valence-corrected chi connectivity index (χ4v) is 8.50. The molecule has 0 aliphatic carbocycles. The van der Waals surface area contributed by atoms with Crippen molar-refractivity contribution in [3.05, 3.63) is 164 Å². The normalized spacial score (nSPS) is 12.3. The Morgan fingerprint density at radius 3 is 1.45 bits per heavy atom. The van der Waals surface area contributed by atoms with E-state index in [1.807, 2.05) is 0 Å². The average Bonchev–Trinajstić information content (AvgIpc) is 3.48. The van der Waals surface area contributed by atoms with Gasteiger partial charge in [0.05, 0.1) is 16.9 Å². The van der Waals surface area contributed by atoms with Gasteiger partial charge in [-0.25, -0.2) is 0 Å². The van der Waals surface area contributed by atoms with Gasteiger partial charge in [0.1, 0.15) is 0 Å². The van der Waals surface area contributed by atoms with Crippen molar-refractivity contribution >= 4 is 75.5 Å². The summed E-state index contributed by atoms with van der Waals surface area (Å²) >= 11 is 0. The van der Waals surface area contributed by atoms with Crippen LogP contribution >= 0.6 is 0 Å². The van der Waals surface area contributed by atoms with Crippen LogP contribution in [0, 0.1) is 0 Å². The molecular weight excluding hydrogens is 567 g/mol. The zero-order valence-corrected chi connectivity index (χ0v) is 25.5. The molecule has 47 heavy (non-hydrogen) atoms. The molecule has 1 heterocycles. The second kappa shape index (κ2) is 9.19. The van der Waals surface area contributed by atoms with Crippen LogP contribution in [0.5, 0.6) is 0 Å². The summed E-state index contributed by atoms with van der Waals surface area (Å²) in [6, 6.07) is 60.8. The summed E-state index contributed by atoms with van der Waals surface area (Å²) in [5, 5.41) is 16.9. The lowest BCUT2D eigenvalue weighted by molar-refractivity contribution is 1.16. The van der Waals surface area contributed by atoms with Gasteiger partial charge in [0.25, 0.3) is 0 Å². The minimum absolute atomic E-state index is 1.20. The van der Waals surface area contributed by atoms with Crippen molar-refractivity contribution in [2.24, 2.45) is 0 Å². The first kappa shape index (κ1) is 25.1. The van der Waals surface area contributed by atoms with E-state index in [0.717, 1.165) is 0 Å². The van der Waals surface area contributed by atoms with E-state index in [4.69, 9.17) is 0 Å². The first-order valence-electron chi connectivity index (χ1n) is 16.4. The molecule has 0 atom stereocenters. The Balaban J connectivity index is 1.42. The van der Waals surface area contributed by atoms with E-state index in [9.17, 15) is 0 Å². The third kappa shape index (κ3) is 3.33. The molecule has 0 saturated heterocycles. The topological polar surface area (TPSA) is 4.93 Å². The van der Waals surface area contributed by atoms with Crippen molar-refractivity contribution in [3.8, 4) is 28.1 Å². The van der Waals surface area contributed by atoms with E-state index >= 15 is 0 Å². The molecule has 0 aliphatic rings. The van der Waals surface area contributed by atoms with E-state index in [1.165, 1.54) is 104 Å². The fraction of sp³-hybridized carbons (Fsp3) is 0. The summed E-state index contributed by atoms with van der Waals surface area (Å²) in [5.74, 6) is 0. The molecule has 1 heteroatoms. The number of aromatic nitrogens is 1. The molecule has 0 bridgehead atoms.